The number of imidazole rings is 1. The molecule has 1 aliphatic rings. The molecule has 0 bridgehead atoms. The highest BCUT2D eigenvalue weighted by molar-refractivity contribution is 7.91. The van der Waals surface area contributed by atoms with Crippen LogP contribution in [0.5, 0.6) is 5.75 Å². The van der Waals surface area contributed by atoms with Crippen molar-refractivity contribution in [3.63, 3.8) is 0 Å². The highest BCUT2D eigenvalue weighted by atomic mass is 32.2. The van der Waals surface area contributed by atoms with Crippen molar-refractivity contribution in [2.45, 2.75) is 25.8 Å². The summed E-state index contributed by atoms with van der Waals surface area (Å²) in [5.74, 6) is 1.27. The first-order valence-electron chi connectivity index (χ1n) is 10.8. The molecule has 10 heteroatoms. The molecule has 0 spiro atoms. The van der Waals surface area contributed by atoms with Crippen LogP contribution in [0, 0.1) is 6.92 Å². The first-order valence-corrected chi connectivity index (χ1v) is 12.7. The Balaban J connectivity index is 1.82. The van der Waals surface area contributed by atoms with Gasteiger partial charge in [0.15, 0.2) is 15.5 Å². The van der Waals surface area contributed by atoms with Gasteiger partial charge in [-0.3, -0.25) is 4.79 Å². The van der Waals surface area contributed by atoms with Crippen molar-refractivity contribution in [3.8, 4) is 17.0 Å². The number of carbonyl (C=O) groups is 1. The summed E-state index contributed by atoms with van der Waals surface area (Å²) in [6, 6.07) is 9.07. The number of fused-ring (bicyclic) bond motifs is 1. The zero-order valence-electron chi connectivity index (χ0n) is 19.0. The third-order valence-electron chi connectivity index (χ3n) is 5.84. The highest BCUT2D eigenvalue weighted by Crippen LogP contribution is 2.32. The molecule has 9 nitrogen and oxygen atoms in total. The monoisotopic (exact) mass is 472 g/mol. The van der Waals surface area contributed by atoms with Gasteiger partial charge in [-0.1, -0.05) is 0 Å². The molecule has 1 unspecified atom stereocenters. The van der Waals surface area contributed by atoms with Gasteiger partial charge in [0, 0.05) is 25.8 Å². The first-order chi connectivity index (χ1) is 15.8. The number of sulfone groups is 1. The summed E-state index contributed by atoms with van der Waals surface area (Å²) >= 11 is 0. The van der Waals surface area contributed by atoms with E-state index in [1.165, 1.54) is 0 Å². The maximum atomic E-state index is 13.1. The van der Waals surface area contributed by atoms with Crippen LogP contribution in [0.3, 0.4) is 0 Å². The Labute approximate surface area is 193 Å². The van der Waals surface area contributed by atoms with Crippen LogP contribution in [0.4, 0.5) is 0 Å². The second-order valence-electron chi connectivity index (χ2n) is 8.14. The number of ether oxygens (including phenoxy) is 2. The smallest absolute Gasteiger partial charge is 0.272 e. The summed E-state index contributed by atoms with van der Waals surface area (Å²) in [6.45, 7) is 2.82. The molecule has 33 heavy (non-hydrogen) atoms. The number of aromatic nitrogens is 3. The number of pyridine rings is 1. The maximum Gasteiger partial charge on any atom is 0.272 e. The molecular weight excluding hydrogens is 444 g/mol. The molecule has 0 saturated carbocycles. The molecule has 3 heterocycles. The van der Waals surface area contributed by atoms with E-state index in [4.69, 9.17) is 9.47 Å². The topological polar surface area (TPSA) is 112 Å². The molecule has 1 saturated heterocycles. The molecule has 4 rings (SSSR count). The van der Waals surface area contributed by atoms with E-state index in [1.54, 1.807) is 14.2 Å². The van der Waals surface area contributed by atoms with Crippen LogP contribution < -0.4 is 10.1 Å². The number of nitrogens with zero attached hydrogens (tertiary/aromatic N) is 3. The summed E-state index contributed by atoms with van der Waals surface area (Å²) in [5, 5.41) is 2.89. The summed E-state index contributed by atoms with van der Waals surface area (Å²) in [6.07, 6.45) is 1.20. The summed E-state index contributed by atoms with van der Waals surface area (Å²) in [5.41, 5.74) is 2.82. The van der Waals surface area contributed by atoms with E-state index in [0.29, 0.717) is 54.3 Å². The Morgan fingerprint density at radius 1 is 1.21 bits per heavy atom. The van der Waals surface area contributed by atoms with Gasteiger partial charge >= 0.3 is 0 Å². The van der Waals surface area contributed by atoms with Gasteiger partial charge in [0.05, 0.1) is 35.9 Å². The van der Waals surface area contributed by atoms with Crippen molar-refractivity contribution < 1.29 is 22.7 Å². The second-order valence-corrected chi connectivity index (χ2v) is 10.4. The largest absolute Gasteiger partial charge is 0.497 e. The average molecular weight is 473 g/mol. The minimum atomic E-state index is -3.09. The summed E-state index contributed by atoms with van der Waals surface area (Å²) < 4.78 is 36.5. The van der Waals surface area contributed by atoms with Gasteiger partial charge in [0.2, 0.25) is 0 Å². The fraction of sp³-hybridized carbons (Fsp3) is 0.435. The average Bonchev–Trinajstić information content (AvgIpc) is 3.33. The fourth-order valence-electron chi connectivity index (χ4n) is 4.22. The molecule has 1 fully saturated rings. The van der Waals surface area contributed by atoms with Crippen molar-refractivity contribution in [3.05, 3.63) is 41.9 Å². The number of amides is 1. The third kappa shape index (κ3) is 4.86. The SMILES string of the molecule is COCCCNC(=O)c1nc(-c2ccc(OC)cc2)cc2c1nc(C)n2C1CCS(=O)(=O)C1. The van der Waals surface area contributed by atoms with Crippen LogP contribution >= 0.6 is 0 Å². The Bertz CT molecular complexity index is 1270. The lowest BCUT2D eigenvalue weighted by atomic mass is 10.1. The Morgan fingerprint density at radius 2 is 1.97 bits per heavy atom. The summed E-state index contributed by atoms with van der Waals surface area (Å²) in [4.78, 5) is 22.4. The van der Waals surface area contributed by atoms with Crippen molar-refractivity contribution >= 4 is 26.8 Å². The quantitative estimate of drug-likeness (QED) is 0.501. The highest BCUT2D eigenvalue weighted by Gasteiger charge is 2.32. The number of aryl methyl sites for hydroxylation is 1. The number of hydrogen-bond acceptors (Lipinski definition) is 7. The van der Waals surface area contributed by atoms with E-state index < -0.39 is 9.84 Å². The number of benzene rings is 1. The zero-order valence-corrected chi connectivity index (χ0v) is 19.8. The predicted molar refractivity (Wildman–Crippen MR) is 125 cm³/mol. The summed E-state index contributed by atoms with van der Waals surface area (Å²) in [7, 11) is 0.124. The second kappa shape index (κ2) is 9.48. The molecular formula is C23H28N4O5S. The van der Waals surface area contributed by atoms with E-state index in [2.05, 4.69) is 15.3 Å². The standard InChI is InChI=1S/C23H28N4O5S/c1-15-25-21-20(27(15)17-9-12-33(29,30)14-17)13-19(16-5-7-18(32-3)8-6-16)26-22(21)23(28)24-10-4-11-31-2/h5-8,13,17H,4,9-12,14H2,1-3H3,(H,24,28). The van der Waals surface area contributed by atoms with Crippen LogP contribution in [0.15, 0.2) is 30.3 Å². The lowest BCUT2D eigenvalue weighted by Gasteiger charge is -2.15. The third-order valence-corrected chi connectivity index (χ3v) is 7.59. The van der Waals surface area contributed by atoms with Crippen molar-refractivity contribution in [2.24, 2.45) is 0 Å². The number of carbonyl (C=O) groups excluding carboxylic acids is 1. The van der Waals surface area contributed by atoms with Crippen LogP contribution in [-0.2, 0) is 14.6 Å². The number of hydrogen-bond donors (Lipinski definition) is 1. The van der Waals surface area contributed by atoms with E-state index >= 15 is 0 Å². The van der Waals surface area contributed by atoms with Crippen LogP contribution in [0.2, 0.25) is 0 Å². The molecule has 1 amide bonds. The lowest BCUT2D eigenvalue weighted by Crippen LogP contribution is -2.26. The van der Waals surface area contributed by atoms with Gasteiger partial charge in [0.25, 0.3) is 5.91 Å². The van der Waals surface area contributed by atoms with Gasteiger partial charge in [-0.2, -0.15) is 0 Å². The van der Waals surface area contributed by atoms with Gasteiger partial charge in [-0.05, 0) is 50.1 Å². The van der Waals surface area contributed by atoms with Gasteiger partial charge in [-0.25, -0.2) is 18.4 Å². The van der Waals surface area contributed by atoms with Crippen molar-refractivity contribution in [1.82, 2.24) is 19.9 Å². The minimum absolute atomic E-state index is 0.0675. The number of nitrogens with one attached hydrogen (secondary N) is 1. The maximum absolute atomic E-state index is 13.1. The van der Waals surface area contributed by atoms with Crippen LogP contribution in [0.25, 0.3) is 22.3 Å². The van der Waals surface area contributed by atoms with Crippen LogP contribution in [-0.4, -0.2) is 67.7 Å². The van der Waals surface area contributed by atoms with Gasteiger partial charge in [0.1, 0.15) is 17.1 Å². The van der Waals surface area contributed by atoms with Crippen molar-refractivity contribution in [2.75, 3.05) is 38.9 Å². The van der Waals surface area contributed by atoms with E-state index in [1.807, 2.05) is 41.8 Å². The molecule has 0 aliphatic carbocycles. The van der Waals surface area contributed by atoms with E-state index in [9.17, 15) is 13.2 Å². The lowest BCUT2D eigenvalue weighted by molar-refractivity contribution is 0.0945. The zero-order chi connectivity index (χ0) is 23.6. The first kappa shape index (κ1) is 23.2. The Kier molecular flexibility index (Phi) is 6.66. The molecule has 1 aromatic carbocycles. The fourth-order valence-corrected chi connectivity index (χ4v) is 5.92. The van der Waals surface area contributed by atoms with E-state index in [-0.39, 0.29) is 29.1 Å². The number of rotatable bonds is 8. The molecule has 0 radical (unpaired) electrons. The molecule has 176 valence electrons. The molecule has 2 aromatic heterocycles. The molecule has 3 aromatic rings. The number of methoxy groups -OCH3 is 2. The molecule has 1 N–H and O–H groups in total. The Morgan fingerprint density at radius 3 is 2.61 bits per heavy atom. The predicted octanol–water partition coefficient (Wildman–Crippen LogP) is 2.54. The molecule has 1 atom stereocenters. The molecule has 1 aliphatic heterocycles. The van der Waals surface area contributed by atoms with Gasteiger partial charge < -0.3 is 19.4 Å². The van der Waals surface area contributed by atoms with Crippen LogP contribution in [0.1, 0.15) is 35.2 Å². The minimum Gasteiger partial charge on any atom is -0.497 e. The van der Waals surface area contributed by atoms with Gasteiger partial charge in [-0.15, -0.1) is 0 Å². The normalized spacial score (nSPS) is 17.4. The van der Waals surface area contributed by atoms with Crippen molar-refractivity contribution in [1.29, 1.82) is 0 Å². The van der Waals surface area contributed by atoms with E-state index in [0.717, 1.165) is 5.56 Å². The Hall–Kier alpha value is -2.98.